The number of hydrogen-bond acceptors (Lipinski definition) is 6. The molecule has 0 amide bonds. The van der Waals surface area contributed by atoms with Crippen LogP contribution in [0.5, 0.6) is 5.75 Å². The molecular formula is C13H15NO6. The summed E-state index contributed by atoms with van der Waals surface area (Å²) in [6.45, 7) is 6.32. The topological polar surface area (TPSA) is 104 Å². The van der Waals surface area contributed by atoms with E-state index in [-0.39, 0.29) is 0 Å². The van der Waals surface area contributed by atoms with Crippen LogP contribution in [0.2, 0.25) is 0 Å². The van der Waals surface area contributed by atoms with E-state index in [0.717, 1.165) is 0 Å². The Hall–Kier alpha value is -1.69. The van der Waals surface area contributed by atoms with Crippen molar-refractivity contribution in [1.29, 1.82) is 0 Å². The van der Waals surface area contributed by atoms with Crippen LogP contribution in [0.15, 0.2) is 24.3 Å². The first kappa shape index (κ1) is 14.7. The lowest BCUT2D eigenvalue weighted by Gasteiger charge is -2.39. The van der Waals surface area contributed by atoms with Crippen molar-refractivity contribution >= 4 is 5.69 Å². The Bertz CT molecular complexity index is 483. The van der Waals surface area contributed by atoms with Crippen molar-refractivity contribution in [2.24, 2.45) is 0 Å². The van der Waals surface area contributed by atoms with Crippen molar-refractivity contribution in [3.8, 4) is 5.75 Å². The van der Waals surface area contributed by atoms with Gasteiger partial charge in [0.15, 0.2) is 5.69 Å². The highest BCUT2D eigenvalue weighted by Gasteiger charge is 2.44. The fourth-order valence-electron chi connectivity index (χ4n) is 1.90. The molecule has 0 saturated carbocycles. The highest BCUT2D eigenvalue weighted by molar-refractivity contribution is 5.47. The highest BCUT2D eigenvalue weighted by Crippen LogP contribution is 2.25. The molecule has 0 aliphatic carbocycles. The highest BCUT2D eigenvalue weighted by atomic mass is 16.7. The number of hydrogen-bond donors (Lipinski definition) is 4. The zero-order valence-corrected chi connectivity index (χ0v) is 10.5. The summed E-state index contributed by atoms with van der Waals surface area (Å²) < 4.78 is 10.6. The Labute approximate surface area is 115 Å². The zero-order chi connectivity index (χ0) is 14.7. The number of aliphatic hydroxyl groups is 4. The van der Waals surface area contributed by atoms with Gasteiger partial charge in [-0.2, -0.15) is 0 Å². The summed E-state index contributed by atoms with van der Waals surface area (Å²) in [6.07, 6.45) is -6.58. The van der Waals surface area contributed by atoms with E-state index in [9.17, 15) is 15.3 Å². The molecule has 1 aliphatic rings. The van der Waals surface area contributed by atoms with E-state index in [1.807, 2.05) is 0 Å². The maximum atomic E-state index is 9.79. The molecule has 0 aromatic heterocycles. The largest absolute Gasteiger partial charge is 0.462 e. The van der Waals surface area contributed by atoms with Crippen molar-refractivity contribution in [3.05, 3.63) is 35.7 Å². The fourth-order valence-corrected chi connectivity index (χ4v) is 1.90. The number of aliphatic hydroxyl groups excluding tert-OH is 4. The first-order valence-corrected chi connectivity index (χ1v) is 6.01. The minimum absolute atomic E-state index is 0.335. The molecule has 0 spiro atoms. The van der Waals surface area contributed by atoms with Crippen LogP contribution in [0.3, 0.4) is 0 Å². The van der Waals surface area contributed by atoms with Crippen molar-refractivity contribution < 1.29 is 29.9 Å². The second-order valence-electron chi connectivity index (χ2n) is 4.42. The molecular weight excluding hydrogens is 266 g/mol. The Kier molecular flexibility index (Phi) is 4.54. The van der Waals surface area contributed by atoms with E-state index >= 15 is 0 Å². The molecule has 0 unspecified atom stereocenters. The summed E-state index contributed by atoms with van der Waals surface area (Å²) in [6, 6.07) is 6.11. The lowest BCUT2D eigenvalue weighted by Crippen LogP contribution is -2.60. The van der Waals surface area contributed by atoms with Crippen LogP contribution in [0.25, 0.3) is 4.85 Å². The normalized spacial score (nSPS) is 33.5. The molecule has 1 aliphatic heterocycles. The van der Waals surface area contributed by atoms with Gasteiger partial charge in [0.25, 0.3) is 0 Å². The quantitative estimate of drug-likeness (QED) is 0.552. The van der Waals surface area contributed by atoms with Gasteiger partial charge in [0.2, 0.25) is 6.29 Å². The lowest BCUT2D eigenvalue weighted by molar-refractivity contribution is -0.277. The molecule has 0 radical (unpaired) electrons. The maximum Gasteiger partial charge on any atom is 0.229 e. The van der Waals surface area contributed by atoms with Gasteiger partial charge in [-0.3, -0.25) is 0 Å². The standard InChI is InChI=1S/C13H15NO6/c1-14-7-2-4-8(5-3-7)19-13-12(18)11(17)10(16)9(6-15)20-13/h2-5,9-13,15-18H,6H2/t9-,10-,11+,12-,13-/m1/s1. The summed E-state index contributed by atoms with van der Waals surface area (Å²) >= 11 is 0. The number of nitrogens with zero attached hydrogens (tertiary/aromatic N) is 1. The molecule has 0 bridgehead atoms. The number of ether oxygens (including phenoxy) is 2. The summed E-state index contributed by atoms with van der Waals surface area (Å²) in [4.78, 5) is 3.23. The first-order valence-electron chi connectivity index (χ1n) is 6.01. The van der Waals surface area contributed by atoms with Crippen molar-refractivity contribution in [2.45, 2.75) is 30.7 Å². The van der Waals surface area contributed by atoms with Gasteiger partial charge in [-0.15, -0.1) is 0 Å². The molecule has 1 aromatic rings. The average Bonchev–Trinajstić information content (AvgIpc) is 2.48. The predicted octanol–water partition coefficient (Wildman–Crippen LogP) is -0.584. The van der Waals surface area contributed by atoms with Crippen LogP contribution < -0.4 is 4.74 Å². The fraction of sp³-hybridized carbons (Fsp3) is 0.462. The third-order valence-electron chi connectivity index (χ3n) is 3.07. The van der Waals surface area contributed by atoms with Gasteiger partial charge in [0, 0.05) is 0 Å². The summed E-state index contributed by atoms with van der Waals surface area (Å²) in [5, 5.41) is 38.1. The molecule has 1 aromatic carbocycles. The zero-order valence-electron chi connectivity index (χ0n) is 10.5. The smallest absolute Gasteiger partial charge is 0.229 e. The number of benzene rings is 1. The SMILES string of the molecule is [C-]#[N+]c1ccc(O[C@@H]2O[C@H](CO)[C@@H](O)[C@H](O)[C@H]2O)cc1. The van der Waals surface area contributed by atoms with E-state index in [1.54, 1.807) is 0 Å². The van der Waals surface area contributed by atoms with Gasteiger partial charge in [0.05, 0.1) is 13.2 Å². The number of rotatable bonds is 3. The lowest BCUT2D eigenvalue weighted by atomic mass is 9.99. The van der Waals surface area contributed by atoms with Crippen LogP contribution in [-0.2, 0) is 4.74 Å². The van der Waals surface area contributed by atoms with Gasteiger partial charge < -0.3 is 29.9 Å². The average molecular weight is 281 g/mol. The third kappa shape index (κ3) is 2.90. The minimum Gasteiger partial charge on any atom is -0.462 e. The molecule has 5 atom stereocenters. The van der Waals surface area contributed by atoms with Gasteiger partial charge in [-0.25, -0.2) is 4.85 Å². The molecule has 20 heavy (non-hydrogen) atoms. The van der Waals surface area contributed by atoms with Gasteiger partial charge in [-0.05, 0) is 12.1 Å². The van der Waals surface area contributed by atoms with Gasteiger partial charge in [0.1, 0.15) is 30.2 Å². The second-order valence-corrected chi connectivity index (χ2v) is 4.42. The van der Waals surface area contributed by atoms with Crippen molar-refractivity contribution in [1.82, 2.24) is 0 Å². The van der Waals surface area contributed by atoms with Gasteiger partial charge in [-0.1, -0.05) is 12.1 Å². The first-order chi connectivity index (χ1) is 9.56. The third-order valence-corrected chi connectivity index (χ3v) is 3.07. The van der Waals surface area contributed by atoms with Crippen LogP contribution in [0.1, 0.15) is 0 Å². The summed E-state index contributed by atoms with van der Waals surface area (Å²) in [7, 11) is 0. The van der Waals surface area contributed by atoms with Crippen molar-refractivity contribution in [2.75, 3.05) is 6.61 Å². The van der Waals surface area contributed by atoms with Crippen molar-refractivity contribution in [3.63, 3.8) is 0 Å². The van der Waals surface area contributed by atoms with Crippen LogP contribution in [0, 0.1) is 6.57 Å². The Morgan fingerprint density at radius 2 is 1.75 bits per heavy atom. The molecule has 1 heterocycles. The summed E-state index contributed by atoms with van der Waals surface area (Å²) in [5.74, 6) is 0.335. The molecule has 108 valence electrons. The Morgan fingerprint density at radius 3 is 2.30 bits per heavy atom. The predicted molar refractivity (Wildman–Crippen MR) is 67.1 cm³/mol. The van der Waals surface area contributed by atoms with E-state index < -0.39 is 37.3 Å². The van der Waals surface area contributed by atoms with E-state index in [2.05, 4.69) is 4.85 Å². The Balaban J connectivity index is 2.09. The molecule has 1 fully saturated rings. The minimum atomic E-state index is -1.48. The Morgan fingerprint density at radius 1 is 1.10 bits per heavy atom. The molecule has 7 nitrogen and oxygen atoms in total. The second kappa shape index (κ2) is 6.17. The molecule has 7 heteroatoms. The van der Waals surface area contributed by atoms with E-state index in [1.165, 1.54) is 24.3 Å². The maximum absolute atomic E-state index is 9.79. The summed E-state index contributed by atoms with van der Waals surface area (Å²) in [5.41, 5.74) is 0.436. The van der Waals surface area contributed by atoms with E-state index in [4.69, 9.17) is 21.2 Å². The molecule has 1 saturated heterocycles. The van der Waals surface area contributed by atoms with Crippen LogP contribution in [0.4, 0.5) is 5.69 Å². The van der Waals surface area contributed by atoms with Crippen LogP contribution >= 0.6 is 0 Å². The molecule has 4 N–H and O–H groups in total. The van der Waals surface area contributed by atoms with Crippen LogP contribution in [-0.4, -0.2) is 57.7 Å². The molecule has 2 rings (SSSR count). The monoisotopic (exact) mass is 281 g/mol. The van der Waals surface area contributed by atoms with E-state index in [0.29, 0.717) is 11.4 Å². The van der Waals surface area contributed by atoms with Gasteiger partial charge >= 0.3 is 0 Å².